The fraction of sp³-hybridized carbons (Fsp3) is 0.300. The van der Waals surface area contributed by atoms with E-state index in [9.17, 15) is 4.79 Å². The number of aromatic nitrogens is 3. The Morgan fingerprint density at radius 1 is 1.59 bits per heavy atom. The lowest BCUT2D eigenvalue weighted by Crippen LogP contribution is -2.02. The lowest BCUT2D eigenvalue weighted by molar-refractivity contribution is 0.0696. The topological polar surface area (TPSA) is 67.5 Å². The molecule has 0 unspecified atom stereocenters. The van der Waals surface area contributed by atoms with Gasteiger partial charge in [0.05, 0.1) is 10.6 Å². The summed E-state index contributed by atoms with van der Waals surface area (Å²) in [6.45, 7) is 0. The normalized spacial score (nSPS) is 10.9. The second-order valence-corrected chi connectivity index (χ2v) is 4.83. The summed E-state index contributed by atoms with van der Waals surface area (Å²) in [7, 11) is 0. The molecule has 2 aromatic rings. The summed E-state index contributed by atoms with van der Waals surface area (Å²) in [5, 5.41) is 17.2. The van der Waals surface area contributed by atoms with E-state index in [1.807, 2.05) is 6.26 Å². The molecule has 0 amide bonds. The lowest BCUT2D eigenvalue weighted by atomic mass is 10.3. The number of thioether (sulfide) groups is 1. The number of fused-ring (bicyclic) bond motifs is 1. The van der Waals surface area contributed by atoms with E-state index in [1.54, 1.807) is 16.2 Å². The molecule has 0 saturated heterocycles. The summed E-state index contributed by atoms with van der Waals surface area (Å²) < 4.78 is 1.64. The van der Waals surface area contributed by atoms with Gasteiger partial charge in [0.25, 0.3) is 0 Å². The minimum Gasteiger partial charge on any atom is -0.478 e. The van der Waals surface area contributed by atoms with E-state index in [2.05, 4.69) is 10.2 Å². The van der Waals surface area contributed by atoms with E-state index in [1.165, 1.54) is 12.3 Å². The van der Waals surface area contributed by atoms with Crippen LogP contribution in [0.3, 0.4) is 0 Å². The highest BCUT2D eigenvalue weighted by molar-refractivity contribution is 7.98. The number of aryl methyl sites for hydroxylation is 1. The smallest absolute Gasteiger partial charge is 0.337 e. The molecule has 0 aliphatic heterocycles. The van der Waals surface area contributed by atoms with Crippen molar-refractivity contribution in [1.29, 1.82) is 0 Å². The zero-order chi connectivity index (χ0) is 12.4. The van der Waals surface area contributed by atoms with Gasteiger partial charge >= 0.3 is 5.97 Å². The van der Waals surface area contributed by atoms with Gasteiger partial charge in [-0.1, -0.05) is 11.6 Å². The van der Waals surface area contributed by atoms with Crippen molar-refractivity contribution < 1.29 is 9.90 Å². The number of hydrogen-bond acceptors (Lipinski definition) is 4. The third-order valence-corrected chi connectivity index (χ3v) is 3.20. The molecule has 0 fully saturated rings. The number of pyridine rings is 1. The number of aromatic carboxylic acids is 1. The summed E-state index contributed by atoms with van der Waals surface area (Å²) in [6.07, 6.45) is 4.22. The van der Waals surface area contributed by atoms with Crippen molar-refractivity contribution in [3.63, 3.8) is 0 Å². The van der Waals surface area contributed by atoms with Gasteiger partial charge in [-0.3, -0.25) is 4.40 Å². The van der Waals surface area contributed by atoms with Crippen LogP contribution in [0.2, 0.25) is 5.02 Å². The number of halogens is 1. The Hall–Kier alpha value is -1.27. The summed E-state index contributed by atoms with van der Waals surface area (Å²) in [5.74, 6) is 0.605. The van der Waals surface area contributed by atoms with Crippen LogP contribution in [0.5, 0.6) is 0 Å². The SMILES string of the molecule is CSCCc1nnc2c(Cl)cc(C(=O)O)cn12. The van der Waals surface area contributed by atoms with E-state index in [0.717, 1.165) is 18.0 Å². The average molecular weight is 272 g/mol. The standard InChI is InChI=1S/C10H10ClN3O2S/c1-17-3-2-8-12-13-9-7(11)4-6(10(15)16)5-14(8)9/h4-5H,2-3H2,1H3,(H,15,16). The summed E-state index contributed by atoms with van der Waals surface area (Å²) in [5.41, 5.74) is 0.625. The van der Waals surface area contributed by atoms with Gasteiger partial charge in [-0.05, 0) is 12.3 Å². The highest BCUT2D eigenvalue weighted by Crippen LogP contribution is 2.19. The first-order valence-electron chi connectivity index (χ1n) is 4.89. The average Bonchev–Trinajstić information content (AvgIpc) is 2.70. The Labute approximate surface area is 107 Å². The lowest BCUT2D eigenvalue weighted by Gasteiger charge is -2.02. The molecule has 0 aliphatic carbocycles. The molecule has 0 spiro atoms. The van der Waals surface area contributed by atoms with Crippen LogP contribution in [0.25, 0.3) is 5.65 Å². The maximum absolute atomic E-state index is 10.9. The first-order valence-corrected chi connectivity index (χ1v) is 6.66. The number of nitrogens with zero attached hydrogens (tertiary/aromatic N) is 3. The van der Waals surface area contributed by atoms with Gasteiger partial charge in [-0.25, -0.2) is 4.79 Å². The van der Waals surface area contributed by atoms with Gasteiger partial charge in [0, 0.05) is 18.4 Å². The van der Waals surface area contributed by atoms with Crippen LogP contribution in [-0.4, -0.2) is 37.7 Å². The molecular weight excluding hydrogens is 262 g/mol. The molecule has 0 bridgehead atoms. The number of carboxylic acid groups (broad SMARTS) is 1. The Kier molecular flexibility index (Phi) is 3.54. The second-order valence-electron chi connectivity index (χ2n) is 3.43. The van der Waals surface area contributed by atoms with E-state index < -0.39 is 5.97 Å². The third-order valence-electron chi connectivity index (χ3n) is 2.31. The van der Waals surface area contributed by atoms with Crippen LogP contribution in [0.15, 0.2) is 12.3 Å². The van der Waals surface area contributed by atoms with Gasteiger partial charge in [-0.2, -0.15) is 11.8 Å². The van der Waals surface area contributed by atoms with Gasteiger partial charge in [0.2, 0.25) is 0 Å². The zero-order valence-electron chi connectivity index (χ0n) is 9.05. The first kappa shape index (κ1) is 12.2. The molecule has 0 aromatic carbocycles. The van der Waals surface area contributed by atoms with E-state index in [0.29, 0.717) is 10.7 Å². The molecule has 17 heavy (non-hydrogen) atoms. The zero-order valence-corrected chi connectivity index (χ0v) is 10.6. The quantitative estimate of drug-likeness (QED) is 0.921. The highest BCUT2D eigenvalue weighted by Gasteiger charge is 2.12. The van der Waals surface area contributed by atoms with Crippen LogP contribution in [-0.2, 0) is 6.42 Å². The van der Waals surface area contributed by atoms with Gasteiger partial charge in [0.1, 0.15) is 5.82 Å². The van der Waals surface area contributed by atoms with E-state index >= 15 is 0 Å². The molecule has 0 aliphatic rings. The monoisotopic (exact) mass is 271 g/mol. The van der Waals surface area contributed by atoms with Crippen LogP contribution >= 0.6 is 23.4 Å². The third kappa shape index (κ3) is 2.37. The molecule has 2 heterocycles. The van der Waals surface area contributed by atoms with Crippen molar-refractivity contribution >= 4 is 35.0 Å². The Morgan fingerprint density at radius 2 is 2.35 bits per heavy atom. The molecule has 1 N–H and O–H groups in total. The van der Waals surface area contributed by atoms with Crippen LogP contribution in [0.4, 0.5) is 0 Å². The maximum Gasteiger partial charge on any atom is 0.337 e. The number of carbonyl (C=O) groups is 1. The number of carboxylic acids is 1. The van der Waals surface area contributed by atoms with Crippen LogP contribution in [0.1, 0.15) is 16.2 Å². The van der Waals surface area contributed by atoms with Crippen molar-refractivity contribution in [2.45, 2.75) is 6.42 Å². The fourth-order valence-corrected chi connectivity index (χ4v) is 2.11. The molecule has 0 radical (unpaired) electrons. The van der Waals surface area contributed by atoms with Crippen molar-refractivity contribution in [3.8, 4) is 0 Å². The minimum absolute atomic E-state index is 0.132. The predicted molar refractivity (Wildman–Crippen MR) is 67.0 cm³/mol. The minimum atomic E-state index is -1.02. The Morgan fingerprint density at radius 3 is 3.00 bits per heavy atom. The van der Waals surface area contributed by atoms with E-state index in [-0.39, 0.29) is 5.56 Å². The van der Waals surface area contributed by atoms with Crippen molar-refractivity contribution in [1.82, 2.24) is 14.6 Å². The molecule has 2 aromatic heterocycles. The predicted octanol–water partition coefficient (Wildman–Crippen LogP) is 1.99. The Bertz CT molecular complexity index is 570. The van der Waals surface area contributed by atoms with Gasteiger partial charge in [0.15, 0.2) is 5.65 Å². The van der Waals surface area contributed by atoms with Gasteiger partial charge < -0.3 is 5.11 Å². The summed E-state index contributed by atoms with van der Waals surface area (Å²) in [6, 6.07) is 1.38. The van der Waals surface area contributed by atoms with Crippen molar-refractivity contribution in [2.75, 3.05) is 12.0 Å². The van der Waals surface area contributed by atoms with Gasteiger partial charge in [-0.15, -0.1) is 10.2 Å². The molecule has 2 rings (SSSR count). The molecular formula is C10H10ClN3O2S. The van der Waals surface area contributed by atoms with Crippen molar-refractivity contribution in [3.05, 3.63) is 28.7 Å². The second kappa shape index (κ2) is 4.93. The fourth-order valence-electron chi connectivity index (χ4n) is 1.48. The maximum atomic E-state index is 10.9. The highest BCUT2D eigenvalue weighted by atomic mass is 35.5. The molecule has 90 valence electrons. The summed E-state index contributed by atoms with van der Waals surface area (Å²) >= 11 is 7.65. The largest absolute Gasteiger partial charge is 0.478 e. The number of rotatable bonds is 4. The first-order chi connectivity index (χ1) is 8.13. The number of hydrogen-bond donors (Lipinski definition) is 1. The molecule has 0 atom stereocenters. The molecule has 0 saturated carbocycles. The van der Waals surface area contributed by atoms with Crippen molar-refractivity contribution in [2.24, 2.45) is 0 Å². The Balaban J connectivity index is 2.53. The van der Waals surface area contributed by atoms with Crippen LogP contribution in [0, 0.1) is 0 Å². The molecule has 7 heteroatoms. The van der Waals surface area contributed by atoms with Crippen LogP contribution < -0.4 is 0 Å². The summed E-state index contributed by atoms with van der Waals surface area (Å²) in [4.78, 5) is 10.9. The molecule has 5 nitrogen and oxygen atoms in total. The van der Waals surface area contributed by atoms with E-state index in [4.69, 9.17) is 16.7 Å².